The molecule has 0 fully saturated rings. The Morgan fingerprint density at radius 1 is 1.42 bits per heavy atom. The van der Waals surface area contributed by atoms with Gasteiger partial charge < -0.3 is 5.11 Å². The van der Waals surface area contributed by atoms with Crippen molar-refractivity contribution in [3.05, 3.63) is 65.5 Å². The molecule has 1 N–H and O–H groups in total. The summed E-state index contributed by atoms with van der Waals surface area (Å²) in [5, 5.41) is 10.2. The zero-order valence-corrected chi connectivity index (χ0v) is 14.6. The van der Waals surface area contributed by atoms with Crippen LogP contribution in [-0.2, 0) is 9.59 Å². The van der Waals surface area contributed by atoms with Crippen LogP contribution in [0.1, 0.15) is 24.8 Å². The molecule has 0 bridgehead atoms. The van der Waals surface area contributed by atoms with E-state index in [2.05, 4.69) is 22.5 Å². The summed E-state index contributed by atoms with van der Waals surface area (Å²) in [7, 11) is 0. The molecule has 0 saturated carbocycles. The molecule has 0 saturated heterocycles. The quantitative estimate of drug-likeness (QED) is 0.776. The van der Waals surface area contributed by atoms with E-state index in [9.17, 15) is 19.1 Å². The predicted octanol–water partition coefficient (Wildman–Crippen LogP) is 3.98. The predicted molar refractivity (Wildman–Crippen MR) is 92.6 cm³/mol. The van der Waals surface area contributed by atoms with E-state index in [1.54, 1.807) is 19.1 Å². The van der Waals surface area contributed by atoms with E-state index in [1.807, 2.05) is 6.08 Å². The maximum absolute atomic E-state index is 13.9. The van der Waals surface area contributed by atoms with Gasteiger partial charge in [0.05, 0.1) is 0 Å². The second kappa shape index (κ2) is 5.81. The molecule has 0 spiro atoms. The fourth-order valence-electron chi connectivity index (χ4n) is 3.62. The minimum atomic E-state index is -1.26. The highest BCUT2D eigenvalue weighted by molar-refractivity contribution is 9.10. The number of carbonyl (C=O) groups excluding carboxylic acids is 2. The van der Waals surface area contributed by atoms with Crippen molar-refractivity contribution >= 4 is 27.5 Å². The number of allylic oxidation sites excluding steroid dienone is 5. The average Bonchev–Trinajstić information content (AvgIpc) is 2.55. The van der Waals surface area contributed by atoms with Gasteiger partial charge in [0.25, 0.3) is 0 Å². The highest BCUT2D eigenvalue weighted by Gasteiger charge is 2.56. The molecule has 2 aliphatic rings. The Morgan fingerprint density at radius 2 is 2.12 bits per heavy atom. The van der Waals surface area contributed by atoms with Gasteiger partial charge in [0.15, 0.2) is 23.1 Å². The van der Waals surface area contributed by atoms with Crippen LogP contribution < -0.4 is 0 Å². The molecule has 3 rings (SSSR count). The number of Topliss-reactive ketones (excluding diaryl/α,β-unsaturated/α-hetero) is 1. The van der Waals surface area contributed by atoms with Gasteiger partial charge >= 0.3 is 0 Å². The van der Waals surface area contributed by atoms with Crippen molar-refractivity contribution in [2.45, 2.75) is 23.6 Å². The lowest BCUT2D eigenvalue weighted by Gasteiger charge is -2.45. The molecule has 124 valence electrons. The lowest BCUT2D eigenvalue weighted by Crippen LogP contribution is -2.52. The molecule has 0 aromatic heterocycles. The van der Waals surface area contributed by atoms with Gasteiger partial charge in [-0.05, 0) is 36.6 Å². The number of fused-ring (bicyclic) bond motifs is 1. The smallest absolute Gasteiger partial charge is 0.174 e. The summed E-state index contributed by atoms with van der Waals surface area (Å²) in [4.78, 5) is 25.4. The Bertz CT molecular complexity index is 824. The fourth-order valence-corrected chi connectivity index (χ4v) is 4.64. The van der Waals surface area contributed by atoms with E-state index in [0.717, 1.165) is 6.07 Å². The number of rotatable bonds is 2. The summed E-state index contributed by atoms with van der Waals surface area (Å²) in [5.74, 6) is -2.97. The van der Waals surface area contributed by atoms with Crippen molar-refractivity contribution in [1.29, 1.82) is 0 Å². The third-order valence-corrected chi connectivity index (χ3v) is 6.25. The molecule has 3 unspecified atom stereocenters. The Labute approximate surface area is 147 Å². The zero-order valence-electron chi connectivity index (χ0n) is 13.1. The summed E-state index contributed by atoms with van der Waals surface area (Å²) in [6.07, 6.45) is 5.12. The van der Waals surface area contributed by atoms with Crippen molar-refractivity contribution < 1.29 is 19.1 Å². The molecule has 0 amide bonds. The van der Waals surface area contributed by atoms with Crippen LogP contribution in [0, 0.1) is 11.7 Å². The molecule has 3 nitrogen and oxygen atoms in total. The number of para-hydroxylation sites is 1. The summed E-state index contributed by atoms with van der Waals surface area (Å²) in [5.41, 5.74) is 1.35. The minimum Gasteiger partial charge on any atom is -0.505 e. The number of hydrogen-bond acceptors (Lipinski definition) is 3. The summed E-state index contributed by atoms with van der Waals surface area (Å²) >= 11 is 3.51. The van der Waals surface area contributed by atoms with Crippen molar-refractivity contribution in [2.24, 2.45) is 5.92 Å². The van der Waals surface area contributed by atoms with Crippen LogP contribution in [-0.4, -0.2) is 21.0 Å². The van der Waals surface area contributed by atoms with Gasteiger partial charge in [0.2, 0.25) is 0 Å². The third kappa shape index (κ3) is 2.22. The Kier molecular flexibility index (Phi) is 4.08. The maximum atomic E-state index is 13.9. The first-order chi connectivity index (χ1) is 11.3. The number of carbonyl (C=O) groups is 2. The number of hydrogen-bond donors (Lipinski definition) is 1. The first-order valence-corrected chi connectivity index (χ1v) is 8.37. The van der Waals surface area contributed by atoms with Crippen molar-refractivity contribution in [2.75, 3.05) is 0 Å². The Hall–Kier alpha value is -2.01. The van der Waals surface area contributed by atoms with Crippen LogP contribution in [0.4, 0.5) is 4.39 Å². The molecule has 1 aromatic rings. The molecule has 2 aliphatic carbocycles. The van der Waals surface area contributed by atoms with Gasteiger partial charge in [0, 0.05) is 17.4 Å². The van der Waals surface area contributed by atoms with Gasteiger partial charge in [-0.25, -0.2) is 4.39 Å². The Balaban J connectivity index is 2.28. The molecule has 0 aliphatic heterocycles. The second-order valence-corrected chi connectivity index (χ2v) is 7.44. The lowest BCUT2D eigenvalue weighted by atomic mass is 9.62. The second-order valence-electron chi connectivity index (χ2n) is 6.13. The van der Waals surface area contributed by atoms with Gasteiger partial charge in [-0.2, -0.15) is 0 Å². The molecule has 5 heteroatoms. The van der Waals surface area contributed by atoms with Gasteiger partial charge in [-0.15, -0.1) is 0 Å². The van der Waals surface area contributed by atoms with Crippen LogP contribution in [0.15, 0.2) is 54.2 Å². The molecule has 0 heterocycles. The summed E-state index contributed by atoms with van der Waals surface area (Å²) in [6.45, 7) is 5.38. The highest BCUT2D eigenvalue weighted by Crippen LogP contribution is 2.55. The zero-order chi connectivity index (χ0) is 17.6. The van der Waals surface area contributed by atoms with E-state index in [0.29, 0.717) is 17.6 Å². The SMILES string of the molecule is C=CC1=CCC2C(=O)C(C)=CC(=O)C2(Br)C1c1cccc(F)c1O. The molecular weight excluding hydrogens is 375 g/mol. The van der Waals surface area contributed by atoms with Crippen LogP contribution in [0.25, 0.3) is 0 Å². The van der Waals surface area contributed by atoms with Gasteiger partial charge in [-0.3, -0.25) is 9.59 Å². The average molecular weight is 391 g/mol. The number of aromatic hydroxyl groups is 1. The van der Waals surface area contributed by atoms with E-state index < -0.39 is 27.7 Å². The fraction of sp³-hybridized carbons (Fsp3) is 0.263. The van der Waals surface area contributed by atoms with Crippen LogP contribution in [0.5, 0.6) is 5.75 Å². The molecule has 24 heavy (non-hydrogen) atoms. The first-order valence-electron chi connectivity index (χ1n) is 7.58. The number of benzene rings is 1. The Morgan fingerprint density at radius 3 is 2.79 bits per heavy atom. The van der Waals surface area contributed by atoms with Crippen molar-refractivity contribution in [3.63, 3.8) is 0 Å². The van der Waals surface area contributed by atoms with Gasteiger partial charge in [-0.1, -0.05) is 46.8 Å². The van der Waals surface area contributed by atoms with E-state index >= 15 is 0 Å². The summed E-state index contributed by atoms with van der Waals surface area (Å²) in [6, 6.07) is 4.19. The normalized spacial score (nSPS) is 29.6. The number of alkyl halides is 1. The maximum Gasteiger partial charge on any atom is 0.174 e. The topological polar surface area (TPSA) is 54.4 Å². The highest BCUT2D eigenvalue weighted by atomic mass is 79.9. The summed E-state index contributed by atoms with van der Waals surface area (Å²) < 4.78 is 12.6. The van der Waals surface area contributed by atoms with E-state index in [4.69, 9.17) is 0 Å². The third-order valence-electron chi connectivity index (χ3n) is 4.84. The van der Waals surface area contributed by atoms with Gasteiger partial charge in [0.1, 0.15) is 4.32 Å². The number of phenolic OH excluding ortho intramolecular Hbond substituents is 1. The molecular formula is C19H16BrFO3. The van der Waals surface area contributed by atoms with E-state index in [1.165, 1.54) is 12.1 Å². The van der Waals surface area contributed by atoms with Crippen LogP contribution in [0.3, 0.4) is 0 Å². The number of halogens is 2. The lowest BCUT2D eigenvalue weighted by molar-refractivity contribution is -0.128. The molecule has 3 atom stereocenters. The number of phenols is 1. The first kappa shape index (κ1) is 16.8. The largest absolute Gasteiger partial charge is 0.505 e. The van der Waals surface area contributed by atoms with Crippen molar-refractivity contribution in [3.8, 4) is 5.75 Å². The van der Waals surface area contributed by atoms with Crippen molar-refractivity contribution in [1.82, 2.24) is 0 Å². The van der Waals surface area contributed by atoms with Crippen LogP contribution in [0.2, 0.25) is 0 Å². The number of ketones is 2. The molecule has 0 radical (unpaired) electrons. The minimum absolute atomic E-state index is 0.119. The monoisotopic (exact) mass is 390 g/mol. The van der Waals surface area contributed by atoms with Crippen LogP contribution >= 0.6 is 15.9 Å². The van der Waals surface area contributed by atoms with E-state index in [-0.39, 0.29) is 17.1 Å². The molecule has 1 aromatic carbocycles. The standard InChI is InChI=1S/C19H16BrFO3/c1-3-11-7-8-13-17(23)10(2)9-15(22)19(13,20)16(11)12-5-4-6-14(21)18(12)24/h3-7,9,13,16,24H,1,8H2,2H3.